The normalized spacial score (nSPS) is 17.8. The van der Waals surface area contributed by atoms with Crippen molar-refractivity contribution in [1.29, 1.82) is 0 Å². The SMILES string of the molecule is COC(=O)c1cccc(CS(=O)(=O)NCC2CCNC2)c1.Cl. The van der Waals surface area contributed by atoms with Crippen LogP contribution in [-0.4, -0.2) is 41.1 Å². The zero-order valence-electron chi connectivity index (χ0n) is 12.4. The summed E-state index contributed by atoms with van der Waals surface area (Å²) in [5, 5.41) is 3.20. The lowest BCUT2D eigenvalue weighted by molar-refractivity contribution is 0.0600. The first-order chi connectivity index (χ1) is 10.00. The molecule has 0 bridgehead atoms. The Kier molecular flexibility index (Phi) is 7.28. The highest BCUT2D eigenvalue weighted by atomic mass is 35.5. The van der Waals surface area contributed by atoms with Crippen molar-refractivity contribution in [3.63, 3.8) is 0 Å². The predicted molar refractivity (Wildman–Crippen MR) is 86.6 cm³/mol. The van der Waals surface area contributed by atoms with Crippen LogP contribution in [0.5, 0.6) is 0 Å². The first kappa shape index (κ1) is 18.9. The van der Waals surface area contributed by atoms with Gasteiger partial charge in [-0.05, 0) is 43.1 Å². The van der Waals surface area contributed by atoms with Crippen LogP contribution in [0.2, 0.25) is 0 Å². The largest absolute Gasteiger partial charge is 0.465 e. The summed E-state index contributed by atoms with van der Waals surface area (Å²) in [5.41, 5.74) is 0.917. The molecule has 0 saturated carbocycles. The molecule has 2 rings (SSSR count). The fourth-order valence-corrected chi connectivity index (χ4v) is 3.52. The Morgan fingerprint density at radius 3 is 2.86 bits per heavy atom. The first-order valence-corrected chi connectivity index (χ1v) is 8.51. The fraction of sp³-hybridized carbons (Fsp3) is 0.500. The Morgan fingerprint density at radius 1 is 1.45 bits per heavy atom. The van der Waals surface area contributed by atoms with Crippen molar-refractivity contribution in [1.82, 2.24) is 10.0 Å². The summed E-state index contributed by atoms with van der Waals surface area (Å²) in [7, 11) is -2.11. The molecule has 0 aromatic heterocycles. The standard InChI is InChI=1S/C14H20N2O4S.ClH/c1-20-14(17)13-4-2-3-11(7-13)10-21(18,19)16-9-12-5-6-15-8-12;/h2-4,7,12,15-16H,5-6,8-10H2,1H3;1H. The average molecular weight is 349 g/mol. The van der Waals surface area contributed by atoms with E-state index in [1.807, 2.05) is 0 Å². The van der Waals surface area contributed by atoms with Crippen molar-refractivity contribution >= 4 is 28.4 Å². The summed E-state index contributed by atoms with van der Waals surface area (Å²) < 4.78 is 31.4. The average Bonchev–Trinajstić information content (AvgIpc) is 2.97. The molecule has 1 atom stereocenters. The van der Waals surface area contributed by atoms with Gasteiger partial charge in [0.05, 0.1) is 18.4 Å². The molecule has 1 aliphatic rings. The second kappa shape index (κ2) is 8.47. The van der Waals surface area contributed by atoms with Crippen LogP contribution >= 0.6 is 12.4 Å². The molecule has 1 unspecified atom stereocenters. The Bertz CT molecular complexity index is 601. The topological polar surface area (TPSA) is 84.5 Å². The molecule has 1 saturated heterocycles. The van der Waals surface area contributed by atoms with Crippen molar-refractivity contribution in [2.24, 2.45) is 5.92 Å². The molecule has 1 aliphatic heterocycles. The zero-order chi connectivity index (χ0) is 15.3. The van der Waals surface area contributed by atoms with Gasteiger partial charge in [-0.1, -0.05) is 12.1 Å². The highest BCUT2D eigenvalue weighted by Crippen LogP contribution is 2.11. The van der Waals surface area contributed by atoms with E-state index in [2.05, 4.69) is 14.8 Å². The van der Waals surface area contributed by atoms with Crippen LogP contribution in [0.1, 0.15) is 22.3 Å². The van der Waals surface area contributed by atoms with Crippen LogP contribution < -0.4 is 10.0 Å². The molecule has 0 amide bonds. The number of rotatable bonds is 6. The highest BCUT2D eigenvalue weighted by Gasteiger charge is 2.18. The summed E-state index contributed by atoms with van der Waals surface area (Å²) in [6.07, 6.45) is 0.986. The Hall–Kier alpha value is -1.15. The number of methoxy groups -OCH3 is 1. The van der Waals surface area contributed by atoms with E-state index in [1.165, 1.54) is 7.11 Å². The number of carbonyl (C=O) groups is 1. The zero-order valence-corrected chi connectivity index (χ0v) is 14.0. The fourth-order valence-electron chi connectivity index (χ4n) is 2.31. The molecule has 124 valence electrons. The van der Waals surface area contributed by atoms with Crippen LogP contribution in [0.4, 0.5) is 0 Å². The highest BCUT2D eigenvalue weighted by molar-refractivity contribution is 7.88. The van der Waals surface area contributed by atoms with Gasteiger partial charge in [0, 0.05) is 6.54 Å². The van der Waals surface area contributed by atoms with E-state index in [1.54, 1.807) is 24.3 Å². The Labute approximate surface area is 137 Å². The van der Waals surface area contributed by atoms with Gasteiger partial charge < -0.3 is 10.1 Å². The lowest BCUT2D eigenvalue weighted by atomic mass is 10.1. The van der Waals surface area contributed by atoms with Gasteiger partial charge >= 0.3 is 5.97 Å². The van der Waals surface area contributed by atoms with Crippen molar-refractivity contribution in [2.75, 3.05) is 26.7 Å². The van der Waals surface area contributed by atoms with Crippen LogP contribution in [0.3, 0.4) is 0 Å². The van der Waals surface area contributed by atoms with E-state index >= 15 is 0 Å². The smallest absolute Gasteiger partial charge is 0.337 e. The molecular weight excluding hydrogens is 328 g/mol. The molecule has 2 N–H and O–H groups in total. The molecular formula is C14H21ClN2O4S. The maximum Gasteiger partial charge on any atom is 0.337 e. The quantitative estimate of drug-likeness (QED) is 0.747. The predicted octanol–water partition coefficient (Wildman–Crippen LogP) is 0.924. The van der Waals surface area contributed by atoms with Crippen molar-refractivity contribution in [3.05, 3.63) is 35.4 Å². The van der Waals surface area contributed by atoms with Gasteiger partial charge in [0.25, 0.3) is 0 Å². The number of benzene rings is 1. The summed E-state index contributed by atoms with van der Waals surface area (Å²) in [6.45, 7) is 2.24. The summed E-state index contributed by atoms with van der Waals surface area (Å²) in [4.78, 5) is 11.4. The second-order valence-corrected chi connectivity index (χ2v) is 6.97. The number of hydrogen-bond acceptors (Lipinski definition) is 5. The molecule has 0 spiro atoms. The van der Waals surface area contributed by atoms with Crippen molar-refractivity contribution in [3.8, 4) is 0 Å². The Morgan fingerprint density at radius 2 is 2.23 bits per heavy atom. The number of sulfonamides is 1. The molecule has 1 fully saturated rings. The molecule has 1 aromatic rings. The molecule has 22 heavy (non-hydrogen) atoms. The number of carbonyl (C=O) groups excluding carboxylic acids is 1. The third-order valence-electron chi connectivity index (χ3n) is 3.46. The van der Waals surface area contributed by atoms with Crippen LogP contribution in [0, 0.1) is 5.92 Å². The number of esters is 1. The second-order valence-electron chi connectivity index (χ2n) is 5.16. The van der Waals surface area contributed by atoms with Crippen LogP contribution in [0.15, 0.2) is 24.3 Å². The molecule has 1 heterocycles. The maximum absolute atomic E-state index is 12.1. The molecule has 8 heteroatoms. The summed E-state index contributed by atoms with van der Waals surface area (Å²) in [6, 6.07) is 6.47. The first-order valence-electron chi connectivity index (χ1n) is 6.85. The van der Waals surface area contributed by atoms with E-state index in [-0.39, 0.29) is 18.2 Å². The van der Waals surface area contributed by atoms with E-state index < -0.39 is 16.0 Å². The monoisotopic (exact) mass is 348 g/mol. The minimum atomic E-state index is -3.40. The van der Waals surface area contributed by atoms with Gasteiger partial charge in [-0.25, -0.2) is 17.9 Å². The molecule has 6 nitrogen and oxygen atoms in total. The third kappa shape index (κ3) is 5.57. The minimum absolute atomic E-state index is 0. The van der Waals surface area contributed by atoms with Crippen LogP contribution in [0.25, 0.3) is 0 Å². The molecule has 0 radical (unpaired) electrons. The molecule has 0 aliphatic carbocycles. The van der Waals surface area contributed by atoms with E-state index in [0.717, 1.165) is 19.5 Å². The van der Waals surface area contributed by atoms with Gasteiger partial charge in [-0.2, -0.15) is 0 Å². The van der Waals surface area contributed by atoms with Crippen molar-refractivity contribution in [2.45, 2.75) is 12.2 Å². The van der Waals surface area contributed by atoms with Gasteiger partial charge in [0.1, 0.15) is 0 Å². The number of halogens is 1. The summed E-state index contributed by atoms with van der Waals surface area (Å²) in [5.74, 6) is -0.266. The number of nitrogens with one attached hydrogen (secondary N) is 2. The van der Waals surface area contributed by atoms with Gasteiger partial charge in [0.15, 0.2) is 0 Å². The summed E-state index contributed by atoms with van der Waals surface area (Å²) >= 11 is 0. The van der Waals surface area contributed by atoms with Crippen molar-refractivity contribution < 1.29 is 17.9 Å². The molecule has 1 aromatic carbocycles. The van der Waals surface area contributed by atoms with Gasteiger partial charge in [0.2, 0.25) is 10.0 Å². The van der Waals surface area contributed by atoms with Gasteiger partial charge in [-0.15, -0.1) is 12.4 Å². The van der Waals surface area contributed by atoms with Gasteiger partial charge in [-0.3, -0.25) is 0 Å². The number of hydrogen-bond donors (Lipinski definition) is 2. The maximum atomic E-state index is 12.1. The van der Waals surface area contributed by atoms with E-state index in [4.69, 9.17) is 0 Å². The lowest BCUT2D eigenvalue weighted by Crippen LogP contribution is -2.31. The van der Waals surface area contributed by atoms with Crippen LogP contribution in [-0.2, 0) is 20.5 Å². The minimum Gasteiger partial charge on any atom is -0.465 e. The van der Waals surface area contributed by atoms with E-state index in [9.17, 15) is 13.2 Å². The van der Waals surface area contributed by atoms with E-state index in [0.29, 0.717) is 23.6 Å². The third-order valence-corrected chi connectivity index (χ3v) is 4.78. The number of ether oxygens (including phenoxy) is 1. The lowest BCUT2D eigenvalue weighted by Gasteiger charge is -2.11. The Balaban J connectivity index is 0.00000242.